The van der Waals surface area contributed by atoms with Crippen LogP contribution in [0.25, 0.3) is 0 Å². The van der Waals surface area contributed by atoms with E-state index in [1.54, 1.807) is 6.92 Å². The first-order chi connectivity index (χ1) is 11.9. The third-order valence-corrected chi connectivity index (χ3v) is 3.29. The first-order valence-electron chi connectivity index (χ1n) is 8.72. The second-order valence-corrected chi connectivity index (χ2v) is 7.55. The van der Waals surface area contributed by atoms with Crippen molar-refractivity contribution in [3.05, 3.63) is 41.0 Å². The highest BCUT2D eigenvalue weighted by Gasteiger charge is 2.13. The quantitative estimate of drug-likeness (QED) is 0.568. The lowest BCUT2D eigenvalue weighted by Crippen LogP contribution is -2.26. The van der Waals surface area contributed by atoms with E-state index < -0.39 is 5.97 Å². The van der Waals surface area contributed by atoms with Crippen molar-refractivity contribution in [1.29, 1.82) is 0 Å². The smallest absolute Gasteiger partial charge is 0.304 e. The summed E-state index contributed by atoms with van der Waals surface area (Å²) in [7, 11) is 0. The van der Waals surface area contributed by atoms with E-state index in [0.717, 1.165) is 11.3 Å². The topological polar surface area (TPSA) is 72.5 Å². The zero-order valence-electron chi connectivity index (χ0n) is 17.1. The number of carboxylic acids is 1. The number of carboxylic acid groups (broad SMARTS) is 1. The maximum Gasteiger partial charge on any atom is 0.304 e. The van der Waals surface area contributed by atoms with Crippen LogP contribution in [0.2, 0.25) is 0 Å². The van der Waals surface area contributed by atoms with Crippen molar-refractivity contribution in [2.75, 3.05) is 6.61 Å². The Balaban J connectivity index is 0.00000110. The fourth-order valence-electron chi connectivity index (χ4n) is 1.73. The van der Waals surface area contributed by atoms with Gasteiger partial charge in [0.1, 0.15) is 12.4 Å². The maximum absolute atomic E-state index is 10.9. The molecule has 0 heterocycles. The van der Waals surface area contributed by atoms with E-state index >= 15 is 0 Å². The molecule has 0 aliphatic rings. The van der Waals surface area contributed by atoms with Gasteiger partial charge in [0.25, 0.3) is 0 Å². The predicted molar refractivity (Wildman–Crippen MR) is 108 cm³/mol. The summed E-state index contributed by atoms with van der Waals surface area (Å²) in [5.41, 5.74) is 8.72. The molecule has 1 aromatic rings. The zero-order chi connectivity index (χ0) is 20.3. The second kappa shape index (κ2) is 11.4. The molecule has 0 aliphatic heterocycles. The highest BCUT2D eigenvalue weighted by Crippen LogP contribution is 2.22. The predicted octanol–water partition coefficient (Wildman–Crippen LogP) is 4.75. The lowest BCUT2D eigenvalue weighted by molar-refractivity contribution is -0.137. The summed E-state index contributed by atoms with van der Waals surface area (Å²) in [6.07, 6.45) is 0.0118. The average molecular weight is 360 g/mol. The summed E-state index contributed by atoms with van der Waals surface area (Å²) < 4.78 is 5.69. The van der Waals surface area contributed by atoms with E-state index in [4.69, 9.17) is 15.6 Å². The van der Waals surface area contributed by atoms with Gasteiger partial charge in [-0.05, 0) is 71.7 Å². The lowest BCUT2D eigenvalue weighted by Gasteiger charge is -2.11. The van der Waals surface area contributed by atoms with Crippen LogP contribution in [-0.4, -0.2) is 23.2 Å². The number of benzene rings is 1. The summed E-state index contributed by atoms with van der Waals surface area (Å²) >= 11 is 0. The van der Waals surface area contributed by atoms with E-state index in [0.29, 0.717) is 6.61 Å². The number of hydrogen-bond acceptors (Lipinski definition) is 3. The van der Waals surface area contributed by atoms with Gasteiger partial charge in [-0.1, -0.05) is 23.6 Å². The third kappa shape index (κ3) is 12.2. The van der Waals surface area contributed by atoms with Crippen molar-refractivity contribution in [3.8, 4) is 17.6 Å². The molecule has 26 heavy (non-hydrogen) atoms. The first-order valence-corrected chi connectivity index (χ1v) is 8.72. The number of carbonyl (C=O) groups is 1. The molecule has 0 aromatic heterocycles. The molecule has 0 spiro atoms. The maximum atomic E-state index is 10.9. The molecule has 0 amide bonds. The van der Waals surface area contributed by atoms with Gasteiger partial charge in [0.15, 0.2) is 0 Å². The summed E-state index contributed by atoms with van der Waals surface area (Å²) in [4.78, 5) is 10.9. The van der Waals surface area contributed by atoms with Gasteiger partial charge >= 0.3 is 5.97 Å². The second-order valence-electron chi connectivity index (χ2n) is 7.55. The minimum atomic E-state index is -0.845. The van der Waals surface area contributed by atoms with E-state index in [9.17, 15) is 4.79 Å². The molecule has 0 radical (unpaired) electrons. The number of rotatable bonds is 6. The van der Waals surface area contributed by atoms with Crippen LogP contribution in [0.1, 0.15) is 66.4 Å². The van der Waals surface area contributed by atoms with Crippen LogP contribution in [0.4, 0.5) is 0 Å². The molecule has 0 bridgehead atoms. The largest absolute Gasteiger partial charge is 0.489 e. The SMILES string of the molecule is CC#C[C@@H](CC(=O)O)c1ccc(OCC(C)=C(C)C)cc1.CC(C)(C)N. The molecule has 0 aliphatic carbocycles. The van der Waals surface area contributed by atoms with Crippen LogP contribution in [0.3, 0.4) is 0 Å². The van der Waals surface area contributed by atoms with E-state index in [-0.39, 0.29) is 17.9 Å². The van der Waals surface area contributed by atoms with Crippen molar-refractivity contribution in [3.63, 3.8) is 0 Å². The van der Waals surface area contributed by atoms with Crippen LogP contribution in [-0.2, 0) is 4.79 Å². The van der Waals surface area contributed by atoms with Gasteiger partial charge < -0.3 is 15.6 Å². The van der Waals surface area contributed by atoms with Gasteiger partial charge in [-0.15, -0.1) is 5.92 Å². The monoisotopic (exact) mass is 359 g/mol. The van der Waals surface area contributed by atoms with Crippen molar-refractivity contribution in [2.45, 2.75) is 66.3 Å². The highest BCUT2D eigenvalue weighted by atomic mass is 16.5. The molecule has 1 rings (SSSR count). The van der Waals surface area contributed by atoms with Crippen molar-refractivity contribution in [1.82, 2.24) is 0 Å². The van der Waals surface area contributed by atoms with Gasteiger partial charge in [0, 0.05) is 5.54 Å². The Hall–Kier alpha value is -2.25. The Morgan fingerprint density at radius 1 is 1.19 bits per heavy atom. The molecule has 1 aromatic carbocycles. The molecule has 0 saturated carbocycles. The summed E-state index contributed by atoms with van der Waals surface area (Å²) in [5.74, 6) is 5.38. The molecular weight excluding hydrogens is 326 g/mol. The van der Waals surface area contributed by atoms with Gasteiger partial charge in [0.2, 0.25) is 0 Å². The fraction of sp³-hybridized carbons (Fsp3) is 0.500. The van der Waals surface area contributed by atoms with Crippen LogP contribution in [0, 0.1) is 11.8 Å². The molecule has 1 atom stereocenters. The van der Waals surface area contributed by atoms with Gasteiger partial charge in [-0.3, -0.25) is 4.79 Å². The molecule has 0 unspecified atom stereocenters. The molecular formula is C22H33NO3. The molecule has 3 N–H and O–H groups in total. The molecule has 4 heteroatoms. The van der Waals surface area contributed by atoms with Crippen LogP contribution in [0.15, 0.2) is 35.4 Å². The average Bonchev–Trinajstić information content (AvgIpc) is 2.50. The van der Waals surface area contributed by atoms with E-state index in [2.05, 4.69) is 25.7 Å². The van der Waals surface area contributed by atoms with Crippen LogP contribution < -0.4 is 10.5 Å². The Morgan fingerprint density at radius 2 is 1.69 bits per heavy atom. The first kappa shape index (κ1) is 23.8. The Morgan fingerprint density at radius 3 is 2.08 bits per heavy atom. The summed E-state index contributed by atoms with van der Waals surface area (Å²) in [5, 5.41) is 8.93. The number of allylic oxidation sites excluding steroid dienone is 1. The van der Waals surface area contributed by atoms with Gasteiger partial charge in [-0.2, -0.15) is 0 Å². The lowest BCUT2D eigenvalue weighted by atomic mass is 9.96. The normalized spacial score (nSPS) is 11.2. The van der Waals surface area contributed by atoms with Gasteiger partial charge in [0.05, 0.1) is 12.3 Å². The number of aliphatic carboxylic acids is 1. The number of nitrogens with two attached hydrogens (primary N) is 1. The van der Waals surface area contributed by atoms with E-state index in [1.807, 2.05) is 52.0 Å². The molecule has 0 saturated heterocycles. The van der Waals surface area contributed by atoms with Crippen molar-refractivity contribution >= 4 is 5.97 Å². The van der Waals surface area contributed by atoms with Crippen LogP contribution in [0.5, 0.6) is 5.75 Å². The summed E-state index contributed by atoms with van der Waals surface area (Å²) in [6.45, 7) is 14.3. The molecule has 144 valence electrons. The standard InChI is InChI=1S/C18H22O3.C4H11N/c1-5-6-16(11-18(19)20)15-7-9-17(10-8-15)21-12-14(4)13(2)3;1-4(2,3)5/h7-10,16H,11-12H2,1-4H3,(H,19,20);5H2,1-3H3/t16-;/m0./s1. The minimum absolute atomic E-state index is 0. The molecule has 4 nitrogen and oxygen atoms in total. The number of hydrogen-bond donors (Lipinski definition) is 2. The fourth-order valence-corrected chi connectivity index (χ4v) is 1.73. The molecule has 0 fully saturated rings. The Kier molecular flexibility index (Phi) is 10.4. The minimum Gasteiger partial charge on any atom is -0.489 e. The van der Waals surface area contributed by atoms with Crippen molar-refractivity contribution in [2.24, 2.45) is 5.73 Å². The number of ether oxygens (including phenoxy) is 1. The van der Waals surface area contributed by atoms with Gasteiger partial charge in [-0.25, -0.2) is 0 Å². The van der Waals surface area contributed by atoms with E-state index in [1.165, 1.54) is 11.1 Å². The van der Waals surface area contributed by atoms with Crippen molar-refractivity contribution < 1.29 is 14.6 Å². The Bertz CT molecular complexity index is 645. The third-order valence-electron chi connectivity index (χ3n) is 3.29. The Labute approximate surface area is 158 Å². The highest BCUT2D eigenvalue weighted by molar-refractivity contribution is 5.69. The summed E-state index contributed by atoms with van der Waals surface area (Å²) in [6, 6.07) is 7.48. The zero-order valence-corrected chi connectivity index (χ0v) is 17.1. The van der Waals surface area contributed by atoms with Crippen LogP contribution >= 0.6 is 0 Å².